The van der Waals surface area contributed by atoms with Crippen LogP contribution < -0.4 is 11.1 Å². The van der Waals surface area contributed by atoms with Crippen molar-refractivity contribution in [3.63, 3.8) is 0 Å². The number of nitrogens with two attached hydrogens (primary N) is 1. The number of nitrogens with one attached hydrogen (secondary N) is 1. The van der Waals surface area contributed by atoms with Gasteiger partial charge in [0, 0.05) is 18.4 Å². The highest BCUT2D eigenvalue weighted by Crippen LogP contribution is 2.17. The Morgan fingerprint density at radius 2 is 2.08 bits per heavy atom. The van der Waals surface area contributed by atoms with Crippen LogP contribution in [0, 0.1) is 5.82 Å². The van der Waals surface area contributed by atoms with Gasteiger partial charge in [-0.1, -0.05) is 31.7 Å². The Labute approximate surface area is 141 Å². The van der Waals surface area contributed by atoms with E-state index in [0.29, 0.717) is 24.2 Å². The number of hydrogen-bond acceptors (Lipinski definition) is 2. The molecule has 0 aliphatic heterocycles. The largest absolute Gasteiger partial charge is 0.370 e. The molecule has 0 atom stereocenters. The first-order valence-corrected chi connectivity index (χ1v) is 8.55. The maximum atomic E-state index is 14.2. The lowest BCUT2D eigenvalue weighted by Gasteiger charge is -2.16. The monoisotopic (exact) mass is 329 g/mol. The molecule has 0 spiro atoms. The van der Waals surface area contributed by atoms with Crippen LogP contribution in [-0.4, -0.2) is 21.6 Å². The molecule has 3 N–H and O–H groups in total. The highest BCUT2D eigenvalue weighted by molar-refractivity contribution is 5.78. The zero-order valence-corrected chi connectivity index (χ0v) is 13.8. The molecule has 1 aromatic carbocycles. The Balaban J connectivity index is 1.60. The van der Waals surface area contributed by atoms with Gasteiger partial charge in [0.2, 0.25) is 0 Å². The topological polar surface area (TPSA) is 68.2 Å². The molecule has 3 rings (SSSR count). The van der Waals surface area contributed by atoms with E-state index in [2.05, 4.69) is 15.3 Å². The Morgan fingerprint density at radius 1 is 1.29 bits per heavy atom. The molecule has 1 aliphatic carbocycles. The van der Waals surface area contributed by atoms with Crippen molar-refractivity contribution in [2.45, 2.75) is 51.1 Å². The summed E-state index contributed by atoms with van der Waals surface area (Å²) in [6, 6.07) is 5.51. The molecule has 0 saturated heterocycles. The van der Waals surface area contributed by atoms with Gasteiger partial charge < -0.3 is 15.6 Å². The van der Waals surface area contributed by atoms with Gasteiger partial charge in [-0.25, -0.2) is 14.4 Å². The van der Waals surface area contributed by atoms with Crippen molar-refractivity contribution in [1.82, 2.24) is 14.9 Å². The molecule has 0 bridgehead atoms. The number of benzene rings is 1. The smallest absolute Gasteiger partial charge is 0.189 e. The third-order valence-electron chi connectivity index (χ3n) is 4.43. The Bertz CT molecular complexity index is 673. The third kappa shape index (κ3) is 4.34. The van der Waals surface area contributed by atoms with Crippen LogP contribution in [0.15, 0.2) is 41.9 Å². The minimum absolute atomic E-state index is 0.295. The van der Waals surface area contributed by atoms with Gasteiger partial charge in [-0.3, -0.25) is 0 Å². The molecule has 6 heteroatoms. The maximum Gasteiger partial charge on any atom is 0.189 e. The van der Waals surface area contributed by atoms with Gasteiger partial charge in [0.25, 0.3) is 0 Å². The molecule has 1 aromatic heterocycles. The van der Waals surface area contributed by atoms with E-state index in [1.54, 1.807) is 29.4 Å². The van der Waals surface area contributed by atoms with Crippen molar-refractivity contribution in [2.24, 2.45) is 10.7 Å². The van der Waals surface area contributed by atoms with E-state index in [1.165, 1.54) is 31.7 Å². The molecule has 0 radical (unpaired) electrons. The second-order valence-electron chi connectivity index (χ2n) is 6.29. The highest BCUT2D eigenvalue weighted by Gasteiger charge is 2.12. The van der Waals surface area contributed by atoms with E-state index in [-0.39, 0.29) is 5.82 Å². The summed E-state index contributed by atoms with van der Waals surface area (Å²) in [5, 5.41) is 3.30. The van der Waals surface area contributed by atoms with Crippen molar-refractivity contribution in [3.05, 3.63) is 48.3 Å². The SMILES string of the molecule is NC(=NCc1ccc(-n2ccnc2)c(F)c1)NC1CCCCCC1. The van der Waals surface area contributed by atoms with Crippen LogP contribution in [0.5, 0.6) is 0 Å². The molecular weight excluding hydrogens is 305 g/mol. The zero-order chi connectivity index (χ0) is 16.8. The second kappa shape index (κ2) is 7.95. The molecule has 1 heterocycles. The fourth-order valence-electron chi connectivity index (χ4n) is 3.11. The number of rotatable bonds is 4. The normalized spacial score (nSPS) is 16.8. The van der Waals surface area contributed by atoms with Crippen molar-refractivity contribution in [2.75, 3.05) is 0 Å². The molecule has 1 fully saturated rings. The first kappa shape index (κ1) is 16.5. The number of nitrogens with zero attached hydrogens (tertiary/aromatic N) is 3. The number of aliphatic imine (C=N–C) groups is 1. The first-order valence-electron chi connectivity index (χ1n) is 8.55. The van der Waals surface area contributed by atoms with Crippen LogP contribution in [0.3, 0.4) is 0 Å². The maximum absolute atomic E-state index is 14.2. The van der Waals surface area contributed by atoms with Crippen LogP contribution in [0.2, 0.25) is 0 Å². The molecule has 2 aromatic rings. The highest BCUT2D eigenvalue weighted by atomic mass is 19.1. The molecule has 1 saturated carbocycles. The summed E-state index contributed by atoms with van der Waals surface area (Å²) in [6.45, 7) is 0.368. The van der Waals surface area contributed by atoms with Crippen molar-refractivity contribution in [3.8, 4) is 5.69 Å². The van der Waals surface area contributed by atoms with Gasteiger partial charge in [-0.15, -0.1) is 0 Å². The minimum Gasteiger partial charge on any atom is -0.370 e. The van der Waals surface area contributed by atoms with Crippen LogP contribution in [-0.2, 0) is 6.54 Å². The quantitative estimate of drug-likeness (QED) is 0.514. The van der Waals surface area contributed by atoms with E-state index in [1.807, 2.05) is 6.07 Å². The van der Waals surface area contributed by atoms with Crippen molar-refractivity contribution >= 4 is 5.96 Å². The average Bonchev–Trinajstić information content (AvgIpc) is 2.98. The van der Waals surface area contributed by atoms with Gasteiger partial charge in [0.05, 0.1) is 18.6 Å². The average molecular weight is 329 g/mol. The number of guanidine groups is 1. The lowest BCUT2D eigenvalue weighted by molar-refractivity contribution is 0.530. The molecule has 0 amide bonds. The van der Waals surface area contributed by atoms with Crippen LogP contribution in [0.1, 0.15) is 44.1 Å². The summed E-state index contributed by atoms with van der Waals surface area (Å²) in [5.74, 6) is 0.150. The molecule has 0 unspecified atom stereocenters. The van der Waals surface area contributed by atoms with Gasteiger partial charge in [-0.2, -0.15) is 0 Å². The van der Waals surface area contributed by atoms with E-state index < -0.39 is 0 Å². The molecular formula is C18H24FN5. The summed E-state index contributed by atoms with van der Waals surface area (Å²) in [7, 11) is 0. The summed E-state index contributed by atoms with van der Waals surface area (Å²) >= 11 is 0. The molecule has 128 valence electrons. The summed E-state index contributed by atoms with van der Waals surface area (Å²) in [5.41, 5.74) is 7.25. The lowest BCUT2D eigenvalue weighted by Crippen LogP contribution is -2.39. The van der Waals surface area contributed by atoms with E-state index in [4.69, 9.17) is 5.73 Å². The Morgan fingerprint density at radius 3 is 2.75 bits per heavy atom. The van der Waals surface area contributed by atoms with Gasteiger partial charge in [-0.05, 0) is 30.5 Å². The summed E-state index contributed by atoms with van der Waals surface area (Å²) < 4.78 is 15.9. The fraction of sp³-hybridized carbons (Fsp3) is 0.444. The lowest BCUT2D eigenvalue weighted by atomic mass is 10.1. The third-order valence-corrected chi connectivity index (χ3v) is 4.43. The standard InChI is InChI=1S/C18H24FN5/c19-16-11-14(7-8-17(16)24-10-9-21-13-24)12-22-18(20)23-15-5-3-1-2-4-6-15/h7-11,13,15H,1-6,12H2,(H3,20,22,23). The van der Waals surface area contributed by atoms with Crippen LogP contribution in [0.4, 0.5) is 4.39 Å². The molecule has 5 nitrogen and oxygen atoms in total. The second-order valence-corrected chi connectivity index (χ2v) is 6.29. The first-order chi connectivity index (χ1) is 11.7. The Hall–Kier alpha value is -2.37. The Kier molecular flexibility index (Phi) is 5.46. The predicted molar refractivity (Wildman–Crippen MR) is 93.5 cm³/mol. The van der Waals surface area contributed by atoms with E-state index >= 15 is 0 Å². The number of hydrogen-bond donors (Lipinski definition) is 2. The zero-order valence-electron chi connectivity index (χ0n) is 13.8. The van der Waals surface area contributed by atoms with Crippen LogP contribution in [0.25, 0.3) is 5.69 Å². The number of halogens is 1. The summed E-state index contributed by atoms with van der Waals surface area (Å²) in [6.07, 6.45) is 12.3. The van der Waals surface area contributed by atoms with Gasteiger partial charge >= 0.3 is 0 Å². The van der Waals surface area contributed by atoms with Crippen molar-refractivity contribution < 1.29 is 4.39 Å². The minimum atomic E-state index is -0.295. The van der Waals surface area contributed by atoms with E-state index in [0.717, 1.165) is 18.4 Å². The number of aromatic nitrogens is 2. The predicted octanol–water partition coefficient (Wildman–Crippen LogP) is 3.14. The molecule has 24 heavy (non-hydrogen) atoms. The van der Waals surface area contributed by atoms with E-state index in [9.17, 15) is 4.39 Å². The summed E-state index contributed by atoms with van der Waals surface area (Å²) in [4.78, 5) is 8.28. The van der Waals surface area contributed by atoms with Crippen molar-refractivity contribution in [1.29, 1.82) is 0 Å². The number of imidazole rings is 1. The van der Waals surface area contributed by atoms with Gasteiger partial charge in [0.15, 0.2) is 5.96 Å². The van der Waals surface area contributed by atoms with Crippen LogP contribution >= 0.6 is 0 Å². The molecule has 1 aliphatic rings. The van der Waals surface area contributed by atoms with Gasteiger partial charge in [0.1, 0.15) is 5.82 Å². The fourth-order valence-corrected chi connectivity index (χ4v) is 3.11.